The number of nitrogens with one attached hydrogen (secondary N) is 1. The molecule has 5 nitrogen and oxygen atoms in total. The van der Waals surface area contributed by atoms with Gasteiger partial charge in [-0.05, 0) is 32.6 Å². The zero-order valence-electron chi connectivity index (χ0n) is 11.7. The normalized spacial score (nSPS) is 14.4. The van der Waals surface area contributed by atoms with Gasteiger partial charge in [0.15, 0.2) is 0 Å². The van der Waals surface area contributed by atoms with Crippen LogP contribution in [0.5, 0.6) is 0 Å². The third kappa shape index (κ3) is 5.38. The number of hydrogen-bond acceptors (Lipinski definition) is 4. The summed E-state index contributed by atoms with van der Waals surface area (Å²) in [5.74, 6) is -0.933. The molecule has 0 aliphatic rings. The highest BCUT2D eigenvalue weighted by Gasteiger charge is 2.20. The van der Waals surface area contributed by atoms with E-state index >= 15 is 0 Å². The van der Waals surface area contributed by atoms with Crippen molar-refractivity contribution in [1.82, 2.24) is 10.2 Å². The average molecular weight is 266 g/mol. The Kier molecular flexibility index (Phi) is 5.47. The number of carboxylic acids is 1. The predicted molar refractivity (Wildman–Crippen MR) is 74.3 cm³/mol. The Balaban J connectivity index is 2.56. The van der Waals surface area contributed by atoms with Crippen molar-refractivity contribution in [3.05, 3.63) is 35.4 Å². The van der Waals surface area contributed by atoms with E-state index in [0.29, 0.717) is 25.2 Å². The van der Waals surface area contributed by atoms with E-state index in [-0.39, 0.29) is 0 Å². The van der Waals surface area contributed by atoms with Crippen LogP contribution in [0.3, 0.4) is 0 Å². The second-order valence-corrected chi connectivity index (χ2v) is 5.30. The van der Waals surface area contributed by atoms with E-state index in [9.17, 15) is 9.90 Å². The second-order valence-electron chi connectivity index (χ2n) is 5.30. The number of hydrogen-bond donors (Lipinski definition) is 3. The lowest BCUT2D eigenvalue weighted by atomic mass is 10.1. The molecule has 19 heavy (non-hydrogen) atoms. The third-order valence-corrected chi connectivity index (χ3v) is 2.73. The van der Waals surface area contributed by atoms with Crippen LogP contribution < -0.4 is 5.32 Å². The predicted octanol–water partition coefficient (Wildman–Crippen LogP) is 0.787. The molecule has 0 fully saturated rings. The van der Waals surface area contributed by atoms with Gasteiger partial charge in [0.2, 0.25) is 0 Å². The molecule has 0 aliphatic carbocycles. The molecule has 0 amide bonds. The first kappa shape index (κ1) is 15.6. The maximum Gasteiger partial charge on any atom is 0.336 e. The minimum Gasteiger partial charge on any atom is -0.478 e. The molecule has 1 atom stereocenters. The topological polar surface area (TPSA) is 72.8 Å². The van der Waals surface area contributed by atoms with Gasteiger partial charge >= 0.3 is 5.97 Å². The van der Waals surface area contributed by atoms with Crippen molar-refractivity contribution < 1.29 is 15.0 Å². The first-order valence-electron chi connectivity index (χ1n) is 6.21. The molecule has 0 aliphatic heterocycles. The van der Waals surface area contributed by atoms with E-state index in [4.69, 9.17) is 5.11 Å². The third-order valence-electron chi connectivity index (χ3n) is 2.73. The van der Waals surface area contributed by atoms with Crippen LogP contribution in [-0.4, -0.2) is 53.9 Å². The number of nitrogens with zero attached hydrogens (tertiary/aromatic N) is 1. The number of carboxylic acid groups (broad SMARTS) is 1. The van der Waals surface area contributed by atoms with Crippen LogP contribution in [0, 0.1) is 0 Å². The second kappa shape index (κ2) is 6.65. The van der Waals surface area contributed by atoms with E-state index in [1.807, 2.05) is 19.0 Å². The Labute approximate surface area is 113 Å². The van der Waals surface area contributed by atoms with Crippen molar-refractivity contribution in [2.45, 2.75) is 19.1 Å². The zero-order chi connectivity index (χ0) is 14.5. The molecule has 0 spiro atoms. The van der Waals surface area contributed by atoms with Gasteiger partial charge in [0, 0.05) is 19.6 Å². The number of aromatic carboxylic acids is 1. The van der Waals surface area contributed by atoms with Crippen LogP contribution in [0.2, 0.25) is 0 Å². The molecular weight excluding hydrogens is 244 g/mol. The highest BCUT2D eigenvalue weighted by Crippen LogP contribution is 2.09. The highest BCUT2D eigenvalue weighted by atomic mass is 16.4. The van der Waals surface area contributed by atoms with Gasteiger partial charge in [0.25, 0.3) is 0 Å². The summed E-state index contributed by atoms with van der Waals surface area (Å²) in [4.78, 5) is 13.0. The summed E-state index contributed by atoms with van der Waals surface area (Å²) in [6, 6.07) is 6.87. The van der Waals surface area contributed by atoms with E-state index < -0.39 is 11.6 Å². The molecule has 3 N–H and O–H groups in total. The van der Waals surface area contributed by atoms with Crippen molar-refractivity contribution >= 4 is 5.97 Å². The zero-order valence-corrected chi connectivity index (χ0v) is 11.7. The molecule has 5 heteroatoms. The Morgan fingerprint density at radius 3 is 2.58 bits per heavy atom. The van der Waals surface area contributed by atoms with E-state index in [1.54, 1.807) is 31.2 Å². The Morgan fingerprint density at radius 1 is 1.37 bits per heavy atom. The quantitative estimate of drug-likeness (QED) is 0.680. The van der Waals surface area contributed by atoms with Crippen LogP contribution in [-0.2, 0) is 6.54 Å². The lowest BCUT2D eigenvalue weighted by Gasteiger charge is -2.27. The first-order valence-corrected chi connectivity index (χ1v) is 6.21. The molecule has 0 radical (unpaired) electrons. The van der Waals surface area contributed by atoms with Crippen molar-refractivity contribution in [2.24, 2.45) is 0 Å². The molecule has 0 bridgehead atoms. The Morgan fingerprint density at radius 2 is 2.00 bits per heavy atom. The smallest absolute Gasteiger partial charge is 0.336 e. The SMILES string of the molecule is CN(C)CC(C)(O)CNCc1ccccc1C(=O)O. The summed E-state index contributed by atoms with van der Waals surface area (Å²) < 4.78 is 0. The fourth-order valence-electron chi connectivity index (χ4n) is 2.09. The molecule has 0 heterocycles. The summed E-state index contributed by atoms with van der Waals surface area (Å²) in [6.45, 7) is 3.12. The summed E-state index contributed by atoms with van der Waals surface area (Å²) in [6.07, 6.45) is 0. The van der Waals surface area contributed by atoms with Gasteiger partial charge in [-0.15, -0.1) is 0 Å². The molecule has 1 aromatic rings. The summed E-state index contributed by atoms with van der Waals surface area (Å²) in [5.41, 5.74) is 0.166. The number of benzene rings is 1. The standard InChI is InChI=1S/C14H22N2O3/c1-14(19,10-16(2)3)9-15-8-11-6-4-5-7-12(11)13(17)18/h4-7,15,19H,8-10H2,1-3H3,(H,17,18). The molecule has 106 valence electrons. The van der Waals surface area contributed by atoms with Gasteiger partial charge < -0.3 is 20.4 Å². The van der Waals surface area contributed by atoms with Crippen molar-refractivity contribution in [1.29, 1.82) is 0 Å². The number of aliphatic hydroxyl groups is 1. The first-order chi connectivity index (χ1) is 8.82. The summed E-state index contributed by atoms with van der Waals surface area (Å²) >= 11 is 0. The van der Waals surface area contributed by atoms with Crippen LogP contribution >= 0.6 is 0 Å². The van der Waals surface area contributed by atoms with Crippen LogP contribution in [0.1, 0.15) is 22.8 Å². The molecule has 0 aromatic heterocycles. The molecule has 1 aromatic carbocycles. The van der Waals surface area contributed by atoms with Gasteiger partial charge in [-0.25, -0.2) is 4.79 Å². The van der Waals surface area contributed by atoms with E-state index in [1.165, 1.54) is 0 Å². The maximum absolute atomic E-state index is 11.0. The van der Waals surface area contributed by atoms with E-state index in [0.717, 1.165) is 5.56 Å². The minimum absolute atomic E-state index is 0.294. The summed E-state index contributed by atoms with van der Waals surface area (Å²) in [5, 5.41) is 22.3. The van der Waals surface area contributed by atoms with Gasteiger partial charge in [0.1, 0.15) is 0 Å². The van der Waals surface area contributed by atoms with E-state index in [2.05, 4.69) is 5.32 Å². The minimum atomic E-state index is -0.933. The Bertz CT molecular complexity index is 430. The van der Waals surface area contributed by atoms with Crippen molar-refractivity contribution in [2.75, 3.05) is 27.2 Å². The number of rotatable bonds is 7. The monoisotopic (exact) mass is 266 g/mol. The highest BCUT2D eigenvalue weighted by molar-refractivity contribution is 5.89. The fraction of sp³-hybridized carbons (Fsp3) is 0.500. The van der Waals surface area contributed by atoms with Gasteiger partial charge in [-0.3, -0.25) is 0 Å². The van der Waals surface area contributed by atoms with Crippen LogP contribution in [0.4, 0.5) is 0 Å². The lowest BCUT2D eigenvalue weighted by molar-refractivity contribution is 0.0336. The molecule has 1 unspecified atom stereocenters. The molecule has 0 saturated heterocycles. The lowest BCUT2D eigenvalue weighted by Crippen LogP contribution is -2.45. The van der Waals surface area contributed by atoms with Crippen molar-refractivity contribution in [3.63, 3.8) is 0 Å². The van der Waals surface area contributed by atoms with Gasteiger partial charge in [-0.1, -0.05) is 18.2 Å². The van der Waals surface area contributed by atoms with Crippen molar-refractivity contribution in [3.8, 4) is 0 Å². The average Bonchev–Trinajstić information content (AvgIpc) is 2.27. The molecule has 0 saturated carbocycles. The largest absolute Gasteiger partial charge is 0.478 e. The van der Waals surface area contributed by atoms with Crippen LogP contribution in [0.25, 0.3) is 0 Å². The molecule has 1 rings (SSSR count). The van der Waals surface area contributed by atoms with Crippen LogP contribution in [0.15, 0.2) is 24.3 Å². The number of likely N-dealkylation sites (N-methyl/N-ethyl adjacent to an activating group) is 1. The van der Waals surface area contributed by atoms with Gasteiger partial charge in [0.05, 0.1) is 11.2 Å². The Hall–Kier alpha value is -1.43. The van der Waals surface area contributed by atoms with Gasteiger partial charge in [-0.2, -0.15) is 0 Å². The summed E-state index contributed by atoms with van der Waals surface area (Å²) in [7, 11) is 3.79. The fourth-order valence-corrected chi connectivity index (χ4v) is 2.09. The number of carbonyl (C=O) groups is 1. The maximum atomic E-state index is 11.0. The molecular formula is C14H22N2O3.